The maximum Gasteiger partial charge on any atom is 0.273 e. The molecule has 3 aromatic rings. The van der Waals surface area contributed by atoms with Gasteiger partial charge in [-0.05, 0) is 25.0 Å². The van der Waals surface area contributed by atoms with Crippen LogP contribution >= 0.6 is 11.3 Å². The van der Waals surface area contributed by atoms with E-state index in [2.05, 4.69) is 28.2 Å². The largest absolute Gasteiger partial charge is 0.353 e. The molecule has 0 radical (unpaired) electrons. The molecule has 1 aliphatic rings. The van der Waals surface area contributed by atoms with Gasteiger partial charge in [0.15, 0.2) is 0 Å². The molecule has 1 aliphatic heterocycles. The highest BCUT2D eigenvalue weighted by Gasteiger charge is 2.20. The van der Waals surface area contributed by atoms with Crippen molar-refractivity contribution in [3.63, 3.8) is 0 Å². The molecule has 4 rings (SSSR count). The van der Waals surface area contributed by atoms with Crippen LogP contribution in [0.4, 0.5) is 0 Å². The smallest absolute Gasteiger partial charge is 0.273 e. The number of nitrogens with zero attached hydrogens (tertiary/aromatic N) is 2. The van der Waals surface area contributed by atoms with Crippen molar-refractivity contribution in [2.75, 3.05) is 13.1 Å². The van der Waals surface area contributed by atoms with Crippen LogP contribution in [0.1, 0.15) is 36.2 Å². The lowest BCUT2D eigenvalue weighted by Crippen LogP contribution is -2.32. The van der Waals surface area contributed by atoms with Crippen LogP contribution in [-0.4, -0.2) is 33.9 Å². The van der Waals surface area contributed by atoms with Gasteiger partial charge < -0.3 is 9.88 Å². The molecule has 0 bridgehead atoms. The molecule has 1 saturated heterocycles. The van der Waals surface area contributed by atoms with Gasteiger partial charge in [0.25, 0.3) is 5.91 Å². The number of benzene rings is 1. The second kappa shape index (κ2) is 6.16. The monoisotopic (exact) mass is 325 g/mol. The van der Waals surface area contributed by atoms with Crippen molar-refractivity contribution < 1.29 is 4.79 Å². The Hall–Kier alpha value is -2.14. The lowest BCUT2D eigenvalue weighted by molar-refractivity contribution is 0.0756. The lowest BCUT2D eigenvalue weighted by Gasteiger charge is -2.18. The fourth-order valence-corrected chi connectivity index (χ4v) is 3.88. The summed E-state index contributed by atoms with van der Waals surface area (Å²) in [6.07, 6.45) is 4.65. The van der Waals surface area contributed by atoms with Gasteiger partial charge in [0.2, 0.25) is 0 Å². The van der Waals surface area contributed by atoms with Gasteiger partial charge >= 0.3 is 0 Å². The van der Waals surface area contributed by atoms with Crippen LogP contribution in [0, 0.1) is 0 Å². The minimum atomic E-state index is 0.0745. The number of H-pyrrole nitrogens is 1. The minimum absolute atomic E-state index is 0.0745. The fraction of sp³-hybridized carbons (Fsp3) is 0.333. The molecule has 2 aromatic heterocycles. The number of carbonyl (C=O) groups excluding carboxylic acids is 1. The highest BCUT2D eigenvalue weighted by atomic mass is 32.1. The first kappa shape index (κ1) is 14.5. The van der Waals surface area contributed by atoms with E-state index in [0.29, 0.717) is 5.69 Å². The van der Waals surface area contributed by atoms with E-state index in [4.69, 9.17) is 0 Å². The van der Waals surface area contributed by atoms with Gasteiger partial charge in [-0.2, -0.15) is 0 Å². The quantitative estimate of drug-likeness (QED) is 0.763. The molecule has 1 N–H and O–H groups in total. The maximum absolute atomic E-state index is 12.6. The highest BCUT2D eigenvalue weighted by molar-refractivity contribution is 7.13. The van der Waals surface area contributed by atoms with Crippen LogP contribution in [0.25, 0.3) is 21.6 Å². The number of para-hydroxylation sites is 1. The Balaban J connectivity index is 1.59. The molecular weight excluding hydrogens is 306 g/mol. The first-order valence-corrected chi connectivity index (χ1v) is 9.02. The van der Waals surface area contributed by atoms with Gasteiger partial charge in [0, 0.05) is 29.4 Å². The summed E-state index contributed by atoms with van der Waals surface area (Å²) < 4.78 is 0. The number of hydrogen-bond donors (Lipinski definition) is 1. The van der Waals surface area contributed by atoms with Gasteiger partial charge in [0.05, 0.1) is 5.69 Å². The molecule has 0 unspecified atom stereocenters. The van der Waals surface area contributed by atoms with Crippen molar-refractivity contribution in [3.8, 4) is 10.7 Å². The third kappa shape index (κ3) is 2.88. The van der Waals surface area contributed by atoms with Gasteiger partial charge in [-0.3, -0.25) is 4.79 Å². The number of carbonyl (C=O) groups is 1. The summed E-state index contributed by atoms with van der Waals surface area (Å²) in [6, 6.07) is 10.3. The average molecular weight is 325 g/mol. The number of aromatic amines is 1. The Morgan fingerprint density at radius 3 is 2.70 bits per heavy atom. The minimum Gasteiger partial charge on any atom is -0.353 e. The number of aromatic nitrogens is 2. The van der Waals surface area contributed by atoms with Gasteiger partial charge in [-0.15, -0.1) is 11.3 Å². The third-order valence-corrected chi connectivity index (χ3v) is 5.25. The second-order valence-electron chi connectivity index (χ2n) is 6.01. The summed E-state index contributed by atoms with van der Waals surface area (Å²) in [5, 5.41) is 3.92. The van der Waals surface area contributed by atoms with E-state index < -0.39 is 0 Å². The highest BCUT2D eigenvalue weighted by Crippen LogP contribution is 2.27. The molecule has 0 aliphatic carbocycles. The second-order valence-corrected chi connectivity index (χ2v) is 6.87. The van der Waals surface area contributed by atoms with Crippen molar-refractivity contribution in [1.82, 2.24) is 14.9 Å². The molecule has 4 nitrogen and oxygen atoms in total. The Kier molecular flexibility index (Phi) is 3.87. The molecule has 118 valence electrons. The predicted molar refractivity (Wildman–Crippen MR) is 93.8 cm³/mol. The number of fused-ring (bicyclic) bond motifs is 1. The Bertz CT molecular complexity index is 795. The predicted octanol–water partition coefficient (Wildman–Crippen LogP) is 4.31. The number of nitrogens with one attached hydrogen (secondary N) is 1. The third-order valence-electron chi connectivity index (χ3n) is 4.38. The molecule has 1 amide bonds. The van der Waals surface area contributed by atoms with E-state index in [0.717, 1.165) is 47.5 Å². The summed E-state index contributed by atoms with van der Waals surface area (Å²) in [5.41, 5.74) is 2.65. The number of hydrogen-bond acceptors (Lipinski definition) is 3. The van der Waals surface area contributed by atoms with Crippen LogP contribution in [0.2, 0.25) is 0 Å². The van der Waals surface area contributed by atoms with E-state index in [-0.39, 0.29) is 5.91 Å². The topological polar surface area (TPSA) is 49.0 Å². The molecule has 0 saturated carbocycles. The fourth-order valence-electron chi connectivity index (χ4n) is 3.12. The molecular formula is C18H19N3OS. The van der Waals surface area contributed by atoms with Crippen LogP contribution in [0.5, 0.6) is 0 Å². The Morgan fingerprint density at radius 1 is 1.13 bits per heavy atom. The summed E-state index contributed by atoms with van der Waals surface area (Å²) in [5.74, 6) is 0.0745. The first-order valence-electron chi connectivity index (χ1n) is 8.14. The van der Waals surface area contributed by atoms with Crippen LogP contribution in [-0.2, 0) is 0 Å². The number of rotatable bonds is 2. The van der Waals surface area contributed by atoms with E-state index in [1.54, 1.807) is 0 Å². The SMILES string of the molecule is O=C(c1csc(-c2cc3ccccc3[nH]2)n1)N1CCCCCC1. The Morgan fingerprint density at radius 2 is 1.91 bits per heavy atom. The van der Waals surface area contributed by atoms with Crippen LogP contribution in [0.3, 0.4) is 0 Å². The maximum atomic E-state index is 12.6. The van der Waals surface area contributed by atoms with E-state index >= 15 is 0 Å². The summed E-state index contributed by atoms with van der Waals surface area (Å²) >= 11 is 1.53. The van der Waals surface area contributed by atoms with Crippen molar-refractivity contribution in [1.29, 1.82) is 0 Å². The molecule has 23 heavy (non-hydrogen) atoms. The number of thiazole rings is 1. The number of amides is 1. The zero-order chi connectivity index (χ0) is 15.6. The van der Waals surface area contributed by atoms with Crippen molar-refractivity contribution in [2.45, 2.75) is 25.7 Å². The molecule has 1 aromatic carbocycles. The zero-order valence-corrected chi connectivity index (χ0v) is 13.7. The normalized spacial score (nSPS) is 15.7. The van der Waals surface area contributed by atoms with Crippen LogP contribution in [0.15, 0.2) is 35.7 Å². The summed E-state index contributed by atoms with van der Waals surface area (Å²) in [7, 11) is 0. The molecule has 5 heteroatoms. The summed E-state index contributed by atoms with van der Waals surface area (Å²) in [4.78, 5) is 22.5. The molecule has 3 heterocycles. The Labute approximate surface area is 139 Å². The van der Waals surface area contributed by atoms with E-state index in [1.165, 1.54) is 24.2 Å². The molecule has 1 fully saturated rings. The lowest BCUT2D eigenvalue weighted by atomic mass is 10.2. The summed E-state index contributed by atoms with van der Waals surface area (Å²) in [6.45, 7) is 1.72. The molecule has 0 spiro atoms. The van der Waals surface area contributed by atoms with Crippen molar-refractivity contribution >= 4 is 28.1 Å². The van der Waals surface area contributed by atoms with Gasteiger partial charge in [-0.25, -0.2) is 4.98 Å². The number of likely N-dealkylation sites (tertiary alicyclic amines) is 1. The van der Waals surface area contributed by atoms with E-state index in [1.807, 2.05) is 22.4 Å². The van der Waals surface area contributed by atoms with Gasteiger partial charge in [0.1, 0.15) is 10.7 Å². The first-order chi connectivity index (χ1) is 11.3. The molecule has 0 atom stereocenters. The average Bonchev–Trinajstić information content (AvgIpc) is 3.14. The van der Waals surface area contributed by atoms with Crippen molar-refractivity contribution in [2.24, 2.45) is 0 Å². The van der Waals surface area contributed by atoms with Gasteiger partial charge in [-0.1, -0.05) is 31.0 Å². The standard InChI is InChI=1S/C18H19N3OS/c22-18(21-9-5-1-2-6-10-21)16-12-23-17(20-16)15-11-13-7-3-4-8-14(13)19-15/h3-4,7-8,11-12,19H,1-2,5-6,9-10H2. The van der Waals surface area contributed by atoms with Crippen molar-refractivity contribution in [3.05, 3.63) is 41.4 Å². The van der Waals surface area contributed by atoms with Crippen LogP contribution < -0.4 is 0 Å². The zero-order valence-electron chi connectivity index (χ0n) is 12.9. The van der Waals surface area contributed by atoms with E-state index in [9.17, 15) is 4.79 Å².